The Kier molecular flexibility index (Phi) is 5.16. The van der Waals surface area contributed by atoms with Gasteiger partial charge in [0.1, 0.15) is 0 Å². The first-order chi connectivity index (χ1) is 8.15. The molecule has 1 aromatic rings. The molecule has 0 saturated heterocycles. The Hall–Kier alpha value is -1.88. The zero-order chi connectivity index (χ0) is 12.7. The number of aliphatic hydroxyl groups excluding tert-OH is 1. The average molecular weight is 236 g/mol. The highest BCUT2D eigenvalue weighted by atomic mass is 16.3. The van der Waals surface area contributed by atoms with Crippen molar-refractivity contribution in [3.63, 3.8) is 0 Å². The highest BCUT2D eigenvalue weighted by Gasteiger charge is 2.10. The maximum Gasteiger partial charge on any atom is 0.253 e. The van der Waals surface area contributed by atoms with Crippen molar-refractivity contribution >= 4 is 17.5 Å². The topological polar surface area (TPSA) is 78.4 Å². The van der Waals surface area contributed by atoms with Gasteiger partial charge in [-0.25, -0.2) is 0 Å². The van der Waals surface area contributed by atoms with Crippen molar-refractivity contribution in [1.29, 1.82) is 0 Å². The average Bonchev–Trinajstić information content (AvgIpc) is 2.29. The number of anilines is 1. The zero-order valence-electron chi connectivity index (χ0n) is 9.69. The van der Waals surface area contributed by atoms with Crippen LogP contribution in [-0.2, 0) is 4.79 Å². The molecule has 0 spiro atoms. The van der Waals surface area contributed by atoms with Crippen molar-refractivity contribution < 1.29 is 14.7 Å². The fourth-order valence-corrected chi connectivity index (χ4v) is 1.36. The normalized spacial score (nSPS) is 9.76. The fraction of sp³-hybridized carbons (Fsp3) is 0.333. The van der Waals surface area contributed by atoms with Gasteiger partial charge in [-0.15, -0.1) is 0 Å². The molecule has 0 saturated carbocycles. The number of hydrogen-bond acceptors (Lipinski definition) is 3. The molecule has 17 heavy (non-hydrogen) atoms. The van der Waals surface area contributed by atoms with Crippen LogP contribution in [0.5, 0.6) is 0 Å². The van der Waals surface area contributed by atoms with Crippen molar-refractivity contribution in [1.82, 2.24) is 5.32 Å². The van der Waals surface area contributed by atoms with Gasteiger partial charge in [-0.3, -0.25) is 9.59 Å². The lowest BCUT2D eigenvalue weighted by molar-refractivity contribution is -0.114. The second-order valence-electron chi connectivity index (χ2n) is 3.56. The van der Waals surface area contributed by atoms with Crippen LogP contribution in [0.25, 0.3) is 0 Å². The van der Waals surface area contributed by atoms with Gasteiger partial charge in [0, 0.05) is 20.1 Å². The molecule has 0 aromatic heterocycles. The maximum absolute atomic E-state index is 11.8. The number of aliphatic hydroxyl groups is 1. The molecule has 1 rings (SSSR count). The SMILES string of the molecule is CC(=O)Nc1ccccc1C(=O)NCCCO. The number of nitrogens with one attached hydrogen (secondary N) is 2. The minimum Gasteiger partial charge on any atom is -0.396 e. The van der Waals surface area contributed by atoms with Crippen LogP contribution in [-0.4, -0.2) is 30.1 Å². The van der Waals surface area contributed by atoms with E-state index in [1.165, 1.54) is 6.92 Å². The summed E-state index contributed by atoms with van der Waals surface area (Å²) >= 11 is 0. The molecule has 0 aliphatic heterocycles. The molecule has 0 atom stereocenters. The zero-order valence-corrected chi connectivity index (χ0v) is 9.69. The summed E-state index contributed by atoms with van der Waals surface area (Å²) in [6, 6.07) is 6.78. The molecule has 0 fully saturated rings. The quantitative estimate of drug-likeness (QED) is 0.660. The van der Waals surface area contributed by atoms with Crippen molar-refractivity contribution in [2.24, 2.45) is 0 Å². The van der Waals surface area contributed by atoms with Crippen LogP contribution in [0, 0.1) is 0 Å². The molecule has 92 valence electrons. The predicted octanol–water partition coefficient (Wildman–Crippen LogP) is 0.757. The summed E-state index contributed by atoms with van der Waals surface area (Å²) in [5, 5.41) is 13.9. The Morgan fingerprint density at radius 2 is 2.00 bits per heavy atom. The second kappa shape index (κ2) is 6.65. The van der Waals surface area contributed by atoms with Gasteiger partial charge in [-0.1, -0.05) is 12.1 Å². The highest BCUT2D eigenvalue weighted by molar-refractivity contribution is 6.03. The third-order valence-electron chi connectivity index (χ3n) is 2.10. The monoisotopic (exact) mass is 236 g/mol. The third kappa shape index (κ3) is 4.24. The van der Waals surface area contributed by atoms with Gasteiger partial charge in [-0.2, -0.15) is 0 Å². The molecular formula is C12H16N2O3. The fourth-order valence-electron chi connectivity index (χ4n) is 1.36. The van der Waals surface area contributed by atoms with Crippen molar-refractivity contribution in [2.45, 2.75) is 13.3 Å². The molecule has 0 heterocycles. The largest absolute Gasteiger partial charge is 0.396 e. The first-order valence-electron chi connectivity index (χ1n) is 5.41. The lowest BCUT2D eigenvalue weighted by Gasteiger charge is -2.09. The molecule has 3 N–H and O–H groups in total. The second-order valence-corrected chi connectivity index (χ2v) is 3.56. The lowest BCUT2D eigenvalue weighted by Crippen LogP contribution is -2.26. The van der Waals surface area contributed by atoms with E-state index in [-0.39, 0.29) is 18.4 Å². The van der Waals surface area contributed by atoms with Gasteiger partial charge in [-0.05, 0) is 18.6 Å². The van der Waals surface area contributed by atoms with Gasteiger partial charge in [0.05, 0.1) is 11.3 Å². The van der Waals surface area contributed by atoms with Crippen LogP contribution in [0.4, 0.5) is 5.69 Å². The standard InChI is InChI=1S/C12H16N2O3/c1-9(16)14-11-6-3-2-5-10(11)12(17)13-7-4-8-15/h2-3,5-6,15H,4,7-8H2,1H3,(H,13,17)(H,14,16). The van der Waals surface area contributed by atoms with Crippen LogP contribution in [0.15, 0.2) is 24.3 Å². The van der Waals surface area contributed by atoms with Crippen molar-refractivity contribution in [3.05, 3.63) is 29.8 Å². The first kappa shape index (κ1) is 13.2. The minimum atomic E-state index is -0.261. The number of carbonyl (C=O) groups is 2. The number of hydrogen-bond donors (Lipinski definition) is 3. The maximum atomic E-state index is 11.8. The summed E-state index contributed by atoms with van der Waals surface area (Å²) < 4.78 is 0. The van der Waals surface area contributed by atoms with Gasteiger partial charge in [0.25, 0.3) is 5.91 Å². The summed E-state index contributed by atoms with van der Waals surface area (Å²) in [7, 11) is 0. The van der Waals surface area contributed by atoms with Gasteiger partial charge in [0.15, 0.2) is 0 Å². The highest BCUT2D eigenvalue weighted by Crippen LogP contribution is 2.14. The van der Waals surface area contributed by atoms with E-state index in [1.54, 1.807) is 24.3 Å². The molecule has 2 amide bonds. The molecule has 0 radical (unpaired) electrons. The van der Waals surface area contributed by atoms with Crippen molar-refractivity contribution in [3.8, 4) is 0 Å². The van der Waals surface area contributed by atoms with E-state index in [2.05, 4.69) is 10.6 Å². The number of carbonyl (C=O) groups excluding carboxylic acids is 2. The number of para-hydroxylation sites is 1. The van der Waals surface area contributed by atoms with Crippen LogP contribution in [0.2, 0.25) is 0 Å². The van der Waals surface area contributed by atoms with Crippen LogP contribution >= 0.6 is 0 Å². The molecule has 5 nitrogen and oxygen atoms in total. The number of rotatable bonds is 5. The Morgan fingerprint density at radius 1 is 1.29 bits per heavy atom. The van der Waals surface area contributed by atoms with E-state index in [1.807, 2.05) is 0 Å². The summed E-state index contributed by atoms with van der Waals surface area (Å²) in [4.78, 5) is 22.8. The molecular weight excluding hydrogens is 220 g/mol. The molecule has 1 aromatic carbocycles. The molecule has 0 aliphatic rings. The van der Waals surface area contributed by atoms with E-state index in [0.29, 0.717) is 24.2 Å². The van der Waals surface area contributed by atoms with Crippen LogP contribution in [0.3, 0.4) is 0 Å². The van der Waals surface area contributed by atoms with Gasteiger partial charge >= 0.3 is 0 Å². The summed E-state index contributed by atoms with van der Waals surface area (Å²) in [6.07, 6.45) is 0.508. The van der Waals surface area contributed by atoms with E-state index >= 15 is 0 Å². The Balaban J connectivity index is 2.74. The lowest BCUT2D eigenvalue weighted by atomic mass is 10.1. The van der Waals surface area contributed by atoms with Crippen LogP contribution < -0.4 is 10.6 Å². The van der Waals surface area contributed by atoms with Gasteiger partial charge < -0.3 is 15.7 Å². The summed E-state index contributed by atoms with van der Waals surface area (Å²) in [5.41, 5.74) is 0.905. The smallest absolute Gasteiger partial charge is 0.253 e. The van der Waals surface area contributed by atoms with E-state index < -0.39 is 0 Å². The Labute approximate surface area is 99.8 Å². The minimum absolute atomic E-state index is 0.0353. The predicted molar refractivity (Wildman–Crippen MR) is 64.8 cm³/mol. The third-order valence-corrected chi connectivity index (χ3v) is 2.10. The van der Waals surface area contributed by atoms with Gasteiger partial charge in [0.2, 0.25) is 5.91 Å². The number of amides is 2. The molecule has 0 aliphatic carbocycles. The number of benzene rings is 1. The van der Waals surface area contributed by atoms with E-state index in [4.69, 9.17) is 5.11 Å². The Bertz CT molecular complexity index is 404. The van der Waals surface area contributed by atoms with Crippen LogP contribution in [0.1, 0.15) is 23.7 Å². The molecule has 0 unspecified atom stereocenters. The van der Waals surface area contributed by atoms with Crippen molar-refractivity contribution in [2.75, 3.05) is 18.5 Å². The van der Waals surface area contributed by atoms with E-state index in [9.17, 15) is 9.59 Å². The van der Waals surface area contributed by atoms with E-state index in [0.717, 1.165) is 0 Å². The summed E-state index contributed by atoms with van der Waals surface area (Å²) in [5.74, 6) is -0.483. The molecule has 0 bridgehead atoms. The summed E-state index contributed by atoms with van der Waals surface area (Å²) in [6.45, 7) is 1.83. The molecule has 5 heteroatoms. The Morgan fingerprint density at radius 3 is 2.65 bits per heavy atom. The first-order valence-corrected chi connectivity index (χ1v) is 5.41.